The Bertz CT molecular complexity index is 91.7. The molecule has 0 aromatic rings. The smallest absolute Gasteiger partial charge is 0.0484 e. The minimum atomic E-state index is 0.888. The van der Waals surface area contributed by atoms with Gasteiger partial charge in [-0.2, -0.15) is 0 Å². The monoisotopic (exact) mass is 156 g/mol. The molecule has 2 heteroatoms. The highest BCUT2D eigenvalue weighted by Gasteiger charge is 2.25. The zero-order chi connectivity index (χ0) is 8.10. The molecule has 0 radical (unpaired) electrons. The first kappa shape index (κ1) is 9.01. The first-order valence-corrected chi connectivity index (χ1v) is 4.91. The quantitative estimate of drug-likeness (QED) is 0.571. The minimum absolute atomic E-state index is 0.888. The zero-order valence-corrected chi connectivity index (χ0v) is 7.77. The van der Waals surface area contributed by atoms with Crippen molar-refractivity contribution in [3.05, 3.63) is 0 Å². The Labute approximate surface area is 70.0 Å². The van der Waals surface area contributed by atoms with Gasteiger partial charge in [-0.1, -0.05) is 20.3 Å². The molecule has 2 saturated heterocycles. The van der Waals surface area contributed by atoms with Gasteiger partial charge in [-0.25, -0.2) is 0 Å². The van der Waals surface area contributed by atoms with Gasteiger partial charge in [0.15, 0.2) is 0 Å². The molecule has 66 valence electrons. The lowest BCUT2D eigenvalue weighted by Crippen LogP contribution is -2.35. The lowest BCUT2D eigenvalue weighted by Gasteiger charge is -2.27. The van der Waals surface area contributed by atoms with Gasteiger partial charge in [0.05, 0.1) is 0 Å². The Morgan fingerprint density at radius 3 is 2.82 bits per heavy atom. The van der Waals surface area contributed by atoms with Crippen molar-refractivity contribution >= 4 is 0 Å². The Morgan fingerprint density at radius 2 is 2.09 bits per heavy atom. The van der Waals surface area contributed by atoms with Gasteiger partial charge in [0.2, 0.25) is 0 Å². The number of fused-ring (bicyclic) bond motifs is 1. The second-order valence-corrected chi connectivity index (χ2v) is 3.07. The van der Waals surface area contributed by atoms with Gasteiger partial charge in [-0.15, -0.1) is 0 Å². The molecule has 2 rings (SSSR count). The van der Waals surface area contributed by atoms with Crippen LogP contribution in [0.15, 0.2) is 0 Å². The third kappa shape index (κ3) is 2.17. The van der Waals surface area contributed by atoms with E-state index in [4.69, 9.17) is 0 Å². The molecule has 1 atom stereocenters. The van der Waals surface area contributed by atoms with Crippen LogP contribution < -0.4 is 5.32 Å². The van der Waals surface area contributed by atoms with Crippen LogP contribution in [0.3, 0.4) is 0 Å². The van der Waals surface area contributed by atoms with E-state index in [0.29, 0.717) is 0 Å². The topological polar surface area (TPSA) is 15.3 Å². The Hall–Kier alpha value is -0.0800. The fourth-order valence-electron chi connectivity index (χ4n) is 1.87. The van der Waals surface area contributed by atoms with Crippen molar-refractivity contribution in [2.75, 3.05) is 19.8 Å². The molecule has 0 saturated carbocycles. The van der Waals surface area contributed by atoms with Gasteiger partial charge in [0, 0.05) is 19.3 Å². The van der Waals surface area contributed by atoms with E-state index in [9.17, 15) is 0 Å². The van der Waals surface area contributed by atoms with Crippen LogP contribution in [0.4, 0.5) is 0 Å². The summed E-state index contributed by atoms with van der Waals surface area (Å²) in [6.07, 6.45) is 4.29. The standard InChI is InChI=1S/C7H14N2.C2H6/c1-2-4-9-6-8-5-7(9)3-1;1-2/h7-8H,1-6H2;1-2H3. The maximum Gasteiger partial charge on any atom is 0.0484 e. The van der Waals surface area contributed by atoms with Crippen LogP contribution in [0, 0.1) is 0 Å². The van der Waals surface area contributed by atoms with Crippen molar-refractivity contribution < 1.29 is 0 Å². The molecule has 2 fully saturated rings. The molecule has 0 aromatic carbocycles. The molecule has 2 aliphatic rings. The summed E-state index contributed by atoms with van der Waals surface area (Å²) in [5.74, 6) is 0. The van der Waals surface area contributed by atoms with E-state index < -0.39 is 0 Å². The van der Waals surface area contributed by atoms with Crippen LogP contribution in [0.25, 0.3) is 0 Å². The van der Waals surface area contributed by atoms with Crippen LogP contribution in [0.2, 0.25) is 0 Å². The maximum absolute atomic E-state index is 3.39. The van der Waals surface area contributed by atoms with Crippen molar-refractivity contribution in [3.63, 3.8) is 0 Å². The van der Waals surface area contributed by atoms with Crippen molar-refractivity contribution in [1.82, 2.24) is 10.2 Å². The van der Waals surface area contributed by atoms with Crippen LogP contribution >= 0.6 is 0 Å². The number of nitrogens with one attached hydrogen (secondary N) is 1. The minimum Gasteiger partial charge on any atom is -0.303 e. The van der Waals surface area contributed by atoms with Gasteiger partial charge in [0.1, 0.15) is 0 Å². The predicted molar refractivity (Wildman–Crippen MR) is 48.6 cm³/mol. The third-order valence-corrected chi connectivity index (χ3v) is 2.44. The van der Waals surface area contributed by atoms with Gasteiger partial charge >= 0.3 is 0 Å². The molecule has 0 amide bonds. The number of rotatable bonds is 0. The normalized spacial score (nSPS) is 30.5. The molecule has 1 N–H and O–H groups in total. The highest BCUT2D eigenvalue weighted by molar-refractivity contribution is 4.82. The number of hydrogen-bond donors (Lipinski definition) is 1. The number of nitrogens with zero attached hydrogens (tertiary/aromatic N) is 1. The van der Waals surface area contributed by atoms with E-state index in [2.05, 4.69) is 10.2 Å². The third-order valence-electron chi connectivity index (χ3n) is 2.44. The summed E-state index contributed by atoms with van der Waals surface area (Å²) < 4.78 is 0. The highest BCUT2D eigenvalue weighted by Crippen LogP contribution is 2.17. The van der Waals surface area contributed by atoms with Gasteiger partial charge in [0.25, 0.3) is 0 Å². The van der Waals surface area contributed by atoms with E-state index in [0.717, 1.165) is 12.7 Å². The zero-order valence-electron chi connectivity index (χ0n) is 7.77. The van der Waals surface area contributed by atoms with Crippen molar-refractivity contribution in [1.29, 1.82) is 0 Å². The SMILES string of the molecule is C1CCN2CNCC2C1.CC. The van der Waals surface area contributed by atoms with E-state index in [1.54, 1.807) is 0 Å². The Balaban J connectivity index is 0.000000281. The summed E-state index contributed by atoms with van der Waals surface area (Å²) in [4.78, 5) is 2.56. The summed E-state index contributed by atoms with van der Waals surface area (Å²) in [5.41, 5.74) is 0. The fourth-order valence-corrected chi connectivity index (χ4v) is 1.87. The molecule has 0 spiro atoms. The van der Waals surface area contributed by atoms with E-state index in [1.165, 1.54) is 32.4 Å². The second-order valence-electron chi connectivity index (χ2n) is 3.07. The van der Waals surface area contributed by atoms with Crippen molar-refractivity contribution in [3.8, 4) is 0 Å². The molecular formula is C9H20N2. The molecule has 2 aliphatic heterocycles. The molecule has 1 unspecified atom stereocenters. The summed E-state index contributed by atoms with van der Waals surface area (Å²) in [5, 5.41) is 3.39. The summed E-state index contributed by atoms with van der Waals surface area (Å²) in [7, 11) is 0. The summed E-state index contributed by atoms with van der Waals surface area (Å²) in [6.45, 7) is 7.71. The van der Waals surface area contributed by atoms with Gasteiger partial charge in [-0.05, 0) is 19.4 Å². The first-order chi connectivity index (χ1) is 5.47. The largest absolute Gasteiger partial charge is 0.303 e. The predicted octanol–water partition coefficient (Wildman–Crippen LogP) is 1.43. The molecule has 0 bridgehead atoms. The van der Waals surface area contributed by atoms with Crippen LogP contribution in [0.5, 0.6) is 0 Å². The van der Waals surface area contributed by atoms with Gasteiger partial charge in [-0.3, -0.25) is 4.90 Å². The molecule has 0 aliphatic carbocycles. The highest BCUT2D eigenvalue weighted by atomic mass is 15.3. The fraction of sp³-hybridized carbons (Fsp3) is 1.00. The van der Waals surface area contributed by atoms with E-state index >= 15 is 0 Å². The second kappa shape index (κ2) is 4.73. The average Bonchev–Trinajstić information content (AvgIpc) is 2.55. The molecule has 11 heavy (non-hydrogen) atoms. The van der Waals surface area contributed by atoms with Crippen LogP contribution in [0.1, 0.15) is 33.1 Å². The lowest BCUT2D eigenvalue weighted by molar-refractivity contribution is 0.203. The van der Waals surface area contributed by atoms with Crippen molar-refractivity contribution in [2.24, 2.45) is 0 Å². The molecule has 0 aromatic heterocycles. The maximum atomic E-state index is 3.39. The first-order valence-electron chi connectivity index (χ1n) is 4.91. The molecule has 2 nitrogen and oxygen atoms in total. The summed E-state index contributed by atoms with van der Waals surface area (Å²) in [6, 6.07) is 0.888. The molecule has 2 heterocycles. The number of piperidine rings is 1. The molecular weight excluding hydrogens is 136 g/mol. The van der Waals surface area contributed by atoms with Gasteiger partial charge < -0.3 is 5.32 Å². The average molecular weight is 156 g/mol. The van der Waals surface area contributed by atoms with E-state index in [-0.39, 0.29) is 0 Å². The van der Waals surface area contributed by atoms with Crippen LogP contribution in [-0.4, -0.2) is 30.7 Å². The van der Waals surface area contributed by atoms with E-state index in [1.807, 2.05) is 13.8 Å². The number of hydrogen-bond acceptors (Lipinski definition) is 2. The Kier molecular flexibility index (Phi) is 3.87. The van der Waals surface area contributed by atoms with Crippen LogP contribution in [-0.2, 0) is 0 Å². The lowest BCUT2D eigenvalue weighted by atomic mass is 10.0. The van der Waals surface area contributed by atoms with Crippen molar-refractivity contribution in [2.45, 2.75) is 39.2 Å². The Morgan fingerprint density at radius 1 is 1.27 bits per heavy atom. The summed E-state index contributed by atoms with van der Waals surface area (Å²) >= 11 is 0.